The molecule has 1 aromatic carbocycles. The number of nitrogens with one attached hydrogen (secondary N) is 1. The van der Waals surface area contributed by atoms with Gasteiger partial charge < -0.3 is 10.2 Å². The van der Waals surface area contributed by atoms with Gasteiger partial charge in [-0.05, 0) is 24.8 Å². The van der Waals surface area contributed by atoms with Crippen molar-refractivity contribution in [2.45, 2.75) is 31.7 Å². The van der Waals surface area contributed by atoms with Gasteiger partial charge >= 0.3 is 0 Å². The number of hydrogen-bond acceptors (Lipinski definition) is 3. The summed E-state index contributed by atoms with van der Waals surface area (Å²) in [6.07, 6.45) is -0.733. The lowest BCUT2D eigenvalue weighted by Crippen LogP contribution is -2.39. The van der Waals surface area contributed by atoms with E-state index in [-0.39, 0.29) is 19.0 Å². The third-order valence-electron chi connectivity index (χ3n) is 4.66. The molecule has 7 heteroatoms. The summed E-state index contributed by atoms with van der Waals surface area (Å²) in [7, 11) is 0. The summed E-state index contributed by atoms with van der Waals surface area (Å²) in [5.41, 5.74) is 0.833. The molecule has 1 aliphatic carbocycles. The second kappa shape index (κ2) is 7.29. The standard InChI is InChI=1S/C18H20F2N2O3/c19-15(20)10-22-9-14(16(23)17(24)21-12-6-7-12)13(18(22)25)8-11-4-2-1-3-5-11/h1-5,12-15H,6-10H2,(H,21,24)/t13-,14+/m1/s1. The molecule has 1 heterocycles. The van der Waals surface area contributed by atoms with Gasteiger partial charge in [0.05, 0.1) is 18.4 Å². The van der Waals surface area contributed by atoms with E-state index in [0.29, 0.717) is 0 Å². The van der Waals surface area contributed by atoms with Crippen LogP contribution in [0.1, 0.15) is 18.4 Å². The molecule has 0 bridgehead atoms. The quantitative estimate of drug-likeness (QED) is 0.757. The Morgan fingerprint density at radius 1 is 1.20 bits per heavy atom. The highest BCUT2D eigenvalue weighted by molar-refractivity contribution is 6.37. The minimum absolute atomic E-state index is 0.0262. The predicted molar refractivity (Wildman–Crippen MR) is 85.9 cm³/mol. The predicted octanol–water partition coefficient (Wildman–Crippen LogP) is 1.42. The maximum Gasteiger partial charge on any atom is 0.287 e. The van der Waals surface area contributed by atoms with Crippen LogP contribution >= 0.6 is 0 Å². The highest BCUT2D eigenvalue weighted by Crippen LogP contribution is 2.30. The molecule has 1 saturated heterocycles. The smallest absolute Gasteiger partial charge is 0.287 e. The lowest BCUT2D eigenvalue weighted by Gasteiger charge is -2.15. The first-order valence-electron chi connectivity index (χ1n) is 8.41. The Kier molecular flexibility index (Phi) is 5.11. The third-order valence-corrected chi connectivity index (χ3v) is 4.66. The molecule has 2 amide bonds. The first-order valence-corrected chi connectivity index (χ1v) is 8.41. The molecule has 5 nitrogen and oxygen atoms in total. The molecule has 1 aliphatic heterocycles. The highest BCUT2D eigenvalue weighted by Gasteiger charge is 2.46. The molecule has 1 aromatic rings. The van der Waals surface area contributed by atoms with Crippen LogP contribution in [0.15, 0.2) is 30.3 Å². The number of carbonyl (C=O) groups excluding carboxylic acids is 3. The first-order chi connectivity index (χ1) is 12.0. The number of alkyl halides is 2. The minimum atomic E-state index is -2.67. The largest absolute Gasteiger partial charge is 0.347 e. The van der Waals surface area contributed by atoms with E-state index in [1.54, 1.807) is 0 Å². The molecule has 2 atom stereocenters. The molecule has 0 aromatic heterocycles. The Morgan fingerprint density at radius 2 is 1.88 bits per heavy atom. The Balaban J connectivity index is 1.77. The third kappa shape index (κ3) is 4.21. The van der Waals surface area contributed by atoms with Gasteiger partial charge in [0, 0.05) is 12.6 Å². The molecule has 2 fully saturated rings. The van der Waals surface area contributed by atoms with Crippen LogP contribution in [-0.2, 0) is 20.8 Å². The van der Waals surface area contributed by atoms with Crippen LogP contribution < -0.4 is 5.32 Å². The molecule has 134 valence electrons. The van der Waals surface area contributed by atoms with Gasteiger partial charge in [0.1, 0.15) is 0 Å². The van der Waals surface area contributed by atoms with Crippen LogP contribution in [0, 0.1) is 11.8 Å². The lowest BCUT2D eigenvalue weighted by molar-refractivity contribution is -0.141. The molecular formula is C18H20F2N2O3. The van der Waals surface area contributed by atoms with Crippen molar-refractivity contribution in [2.24, 2.45) is 11.8 Å². The van der Waals surface area contributed by atoms with Gasteiger partial charge in [-0.15, -0.1) is 0 Å². The summed E-state index contributed by atoms with van der Waals surface area (Å²) in [4.78, 5) is 38.1. The van der Waals surface area contributed by atoms with E-state index in [1.807, 2.05) is 30.3 Å². The van der Waals surface area contributed by atoms with E-state index < -0.39 is 42.4 Å². The molecule has 0 radical (unpaired) electrons. The number of amides is 2. The summed E-state index contributed by atoms with van der Waals surface area (Å²) >= 11 is 0. The van der Waals surface area contributed by atoms with E-state index in [9.17, 15) is 23.2 Å². The molecule has 1 N–H and O–H groups in total. The van der Waals surface area contributed by atoms with Gasteiger partial charge in [0.25, 0.3) is 12.3 Å². The first kappa shape index (κ1) is 17.5. The van der Waals surface area contributed by atoms with Crippen molar-refractivity contribution >= 4 is 17.6 Å². The molecule has 2 aliphatic rings. The van der Waals surface area contributed by atoms with Gasteiger partial charge in [-0.25, -0.2) is 8.78 Å². The zero-order valence-electron chi connectivity index (χ0n) is 13.7. The van der Waals surface area contributed by atoms with E-state index in [4.69, 9.17) is 0 Å². The molecule has 0 spiro atoms. The molecule has 25 heavy (non-hydrogen) atoms. The van der Waals surface area contributed by atoms with Crippen molar-refractivity contribution in [2.75, 3.05) is 13.1 Å². The minimum Gasteiger partial charge on any atom is -0.347 e. The number of hydrogen-bond donors (Lipinski definition) is 1. The molecule has 0 unspecified atom stereocenters. The number of rotatable bonds is 7. The summed E-state index contributed by atoms with van der Waals surface area (Å²) in [6.45, 7) is -0.838. The van der Waals surface area contributed by atoms with Gasteiger partial charge in [0.15, 0.2) is 0 Å². The van der Waals surface area contributed by atoms with E-state index in [1.165, 1.54) is 0 Å². The van der Waals surface area contributed by atoms with Crippen molar-refractivity contribution in [3.63, 3.8) is 0 Å². The average Bonchev–Trinajstić information content (AvgIpc) is 3.35. The SMILES string of the molecule is O=C(NC1CC1)C(=O)[C@H]1CN(CC(F)F)C(=O)[C@@H]1Cc1ccccc1. The number of halogens is 2. The van der Waals surface area contributed by atoms with Gasteiger partial charge in [-0.2, -0.15) is 0 Å². The van der Waals surface area contributed by atoms with Crippen LogP contribution in [0.2, 0.25) is 0 Å². The fourth-order valence-corrected chi connectivity index (χ4v) is 3.21. The summed E-state index contributed by atoms with van der Waals surface area (Å²) in [5, 5.41) is 2.62. The number of ketones is 1. The number of nitrogens with zero attached hydrogens (tertiary/aromatic N) is 1. The van der Waals surface area contributed by atoms with E-state index in [2.05, 4.69) is 5.32 Å². The lowest BCUT2D eigenvalue weighted by atomic mass is 9.86. The topological polar surface area (TPSA) is 66.5 Å². The van der Waals surface area contributed by atoms with Crippen LogP contribution in [-0.4, -0.2) is 48.1 Å². The van der Waals surface area contributed by atoms with Crippen LogP contribution in [0.5, 0.6) is 0 Å². The summed E-state index contributed by atoms with van der Waals surface area (Å²) in [6, 6.07) is 9.10. The molecule has 3 rings (SSSR count). The second-order valence-corrected chi connectivity index (χ2v) is 6.65. The van der Waals surface area contributed by atoms with Gasteiger partial charge in [-0.1, -0.05) is 30.3 Å². The van der Waals surface area contributed by atoms with Crippen molar-refractivity contribution in [3.05, 3.63) is 35.9 Å². The fourth-order valence-electron chi connectivity index (χ4n) is 3.21. The van der Waals surface area contributed by atoms with Crippen LogP contribution in [0.3, 0.4) is 0 Å². The van der Waals surface area contributed by atoms with Gasteiger partial charge in [-0.3, -0.25) is 14.4 Å². The van der Waals surface area contributed by atoms with Crippen molar-refractivity contribution in [3.8, 4) is 0 Å². The normalized spacial score (nSPS) is 23.2. The number of carbonyl (C=O) groups is 3. The Hall–Kier alpha value is -2.31. The Labute approximate surface area is 144 Å². The van der Waals surface area contributed by atoms with E-state index >= 15 is 0 Å². The average molecular weight is 350 g/mol. The maximum atomic E-state index is 12.7. The van der Waals surface area contributed by atoms with Gasteiger partial charge in [0.2, 0.25) is 11.7 Å². The second-order valence-electron chi connectivity index (χ2n) is 6.65. The Morgan fingerprint density at radius 3 is 2.48 bits per heavy atom. The zero-order chi connectivity index (χ0) is 18.0. The monoisotopic (exact) mass is 350 g/mol. The van der Waals surface area contributed by atoms with Crippen molar-refractivity contribution in [1.29, 1.82) is 0 Å². The van der Waals surface area contributed by atoms with Crippen LogP contribution in [0.4, 0.5) is 8.78 Å². The van der Waals surface area contributed by atoms with Crippen LogP contribution in [0.25, 0.3) is 0 Å². The number of Topliss-reactive ketones (excluding diaryl/α,β-unsaturated/α-hetero) is 1. The molecule has 1 saturated carbocycles. The zero-order valence-corrected chi connectivity index (χ0v) is 13.7. The van der Waals surface area contributed by atoms with E-state index in [0.717, 1.165) is 23.3 Å². The Bertz CT molecular complexity index is 662. The highest BCUT2D eigenvalue weighted by atomic mass is 19.3. The van der Waals surface area contributed by atoms with Crippen molar-refractivity contribution in [1.82, 2.24) is 10.2 Å². The summed E-state index contributed by atoms with van der Waals surface area (Å²) in [5.74, 6) is -3.54. The number of likely N-dealkylation sites (tertiary alicyclic amines) is 1. The summed E-state index contributed by atoms with van der Waals surface area (Å²) < 4.78 is 25.4. The molecular weight excluding hydrogens is 330 g/mol. The maximum absolute atomic E-state index is 12.7. The van der Waals surface area contributed by atoms with Crippen molar-refractivity contribution < 1.29 is 23.2 Å². The number of benzene rings is 1. The fraction of sp³-hybridized carbons (Fsp3) is 0.500.